The molecule has 1 aliphatic rings. The summed E-state index contributed by atoms with van der Waals surface area (Å²) in [7, 11) is 1.75. The summed E-state index contributed by atoms with van der Waals surface area (Å²) in [5.41, 5.74) is 1.88. The predicted molar refractivity (Wildman–Crippen MR) is 62.4 cm³/mol. The number of rotatable bonds is 4. The summed E-state index contributed by atoms with van der Waals surface area (Å²) >= 11 is 0. The van der Waals surface area contributed by atoms with Gasteiger partial charge in [0.15, 0.2) is 0 Å². The Morgan fingerprint density at radius 2 is 2.50 bits per heavy atom. The SMILES string of the molecule is COCC1CCN(c2ccnc(CO)c2)C1. The van der Waals surface area contributed by atoms with Gasteiger partial charge in [-0.1, -0.05) is 0 Å². The lowest BCUT2D eigenvalue weighted by atomic mass is 10.1. The average Bonchev–Trinajstić information content (AvgIpc) is 2.78. The van der Waals surface area contributed by atoms with Gasteiger partial charge in [-0.3, -0.25) is 4.98 Å². The topological polar surface area (TPSA) is 45.6 Å². The zero-order valence-electron chi connectivity index (χ0n) is 9.59. The molecule has 16 heavy (non-hydrogen) atoms. The normalized spacial score (nSPS) is 20.4. The van der Waals surface area contributed by atoms with Gasteiger partial charge in [0.25, 0.3) is 0 Å². The van der Waals surface area contributed by atoms with Crippen molar-refractivity contribution in [3.8, 4) is 0 Å². The van der Waals surface area contributed by atoms with Gasteiger partial charge in [0.1, 0.15) is 0 Å². The standard InChI is InChI=1S/C12H18N2O2/c1-16-9-10-3-5-14(7-10)12-2-4-13-11(6-12)8-15/h2,4,6,10,15H,3,5,7-9H2,1H3. The lowest BCUT2D eigenvalue weighted by Gasteiger charge is -2.18. The van der Waals surface area contributed by atoms with E-state index < -0.39 is 0 Å². The largest absolute Gasteiger partial charge is 0.390 e. The van der Waals surface area contributed by atoms with Gasteiger partial charge in [0.2, 0.25) is 0 Å². The molecule has 0 saturated carbocycles. The minimum Gasteiger partial charge on any atom is -0.390 e. The van der Waals surface area contributed by atoms with Crippen LogP contribution >= 0.6 is 0 Å². The second kappa shape index (κ2) is 5.27. The molecule has 0 bridgehead atoms. The number of nitrogens with zero attached hydrogens (tertiary/aromatic N) is 2. The molecule has 1 aromatic rings. The number of aromatic nitrogens is 1. The van der Waals surface area contributed by atoms with Crippen molar-refractivity contribution in [1.29, 1.82) is 0 Å². The van der Waals surface area contributed by atoms with E-state index in [2.05, 4.69) is 9.88 Å². The molecule has 1 fully saturated rings. The van der Waals surface area contributed by atoms with E-state index in [9.17, 15) is 0 Å². The maximum absolute atomic E-state index is 9.04. The molecule has 0 spiro atoms. The van der Waals surface area contributed by atoms with E-state index in [1.807, 2.05) is 12.1 Å². The molecule has 1 atom stereocenters. The highest BCUT2D eigenvalue weighted by atomic mass is 16.5. The van der Waals surface area contributed by atoms with Crippen LogP contribution in [-0.2, 0) is 11.3 Å². The number of anilines is 1. The predicted octanol–water partition coefficient (Wildman–Crippen LogP) is 1.05. The number of hydrogen-bond acceptors (Lipinski definition) is 4. The van der Waals surface area contributed by atoms with Gasteiger partial charge in [-0.15, -0.1) is 0 Å². The molecule has 1 aromatic heterocycles. The van der Waals surface area contributed by atoms with Crippen molar-refractivity contribution in [3.05, 3.63) is 24.0 Å². The number of aliphatic hydroxyl groups excluding tert-OH is 1. The van der Waals surface area contributed by atoms with E-state index in [-0.39, 0.29) is 6.61 Å². The zero-order valence-corrected chi connectivity index (χ0v) is 9.59. The van der Waals surface area contributed by atoms with Crippen LogP contribution in [0.1, 0.15) is 12.1 Å². The Morgan fingerprint density at radius 1 is 1.62 bits per heavy atom. The van der Waals surface area contributed by atoms with Crippen molar-refractivity contribution < 1.29 is 9.84 Å². The lowest BCUT2D eigenvalue weighted by Crippen LogP contribution is -2.21. The number of ether oxygens (including phenoxy) is 1. The second-order valence-corrected chi connectivity index (χ2v) is 4.22. The number of methoxy groups -OCH3 is 1. The van der Waals surface area contributed by atoms with Crippen molar-refractivity contribution in [2.45, 2.75) is 13.0 Å². The summed E-state index contributed by atoms with van der Waals surface area (Å²) in [5.74, 6) is 0.621. The molecule has 0 aromatic carbocycles. The van der Waals surface area contributed by atoms with Gasteiger partial charge in [0.05, 0.1) is 18.9 Å². The van der Waals surface area contributed by atoms with Gasteiger partial charge in [-0.05, 0) is 18.6 Å². The van der Waals surface area contributed by atoms with Crippen LogP contribution < -0.4 is 4.90 Å². The van der Waals surface area contributed by atoms with Crippen LogP contribution in [0, 0.1) is 5.92 Å². The van der Waals surface area contributed by atoms with Crippen molar-refractivity contribution >= 4 is 5.69 Å². The first-order valence-electron chi connectivity index (χ1n) is 5.63. The van der Waals surface area contributed by atoms with E-state index in [0.717, 1.165) is 31.1 Å². The average molecular weight is 222 g/mol. The fourth-order valence-electron chi connectivity index (χ4n) is 2.19. The van der Waals surface area contributed by atoms with Gasteiger partial charge in [-0.25, -0.2) is 0 Å². The first-order valence-corrected chi connectivity index (χ1v) is 5.63. The van der Waals surface area contributed by atoms with Crippen LogP contribution in [0.5, 0.6) is 0 Å². The number of pyridine rings is 1. The maximum atomic E-state index is 9.04. The molecular weight excluding hydrogens is 204 g/mol. The fraction of sp³-hybridized carbons (Fsp3) is 0.583. The summed E-state index contributed by atoms with van der Waals surface area (Å²) < 4.78 is 5.18. The summed E-state index contributed by atoms with van der Waals surface area (Å²) in [5, 5.41) is 9.04. The highest BCUT2D eigenvalue weighted by molar-refractivity contribution is 5.47. The summed E-state index contributed by atoms with van der Waals surface area (Å²) in [4.78, 5) is 6.41. The second-order valence-electron chi connectivity index (χ2n) is 4.22. The van der Waals surface area contributed by atoms with Crippen molar-refractivity contribution in [2.24, 2.45) is 5.92 Å². The molecular formula is C12H18N2O2. The fourth-order valence-corrected chi connectivity index (χ4v) is 2.19. The Hall–Kier alpha value is -1.13. The summed E-state index contributed by atoms with van der Waals surface area (Å²) in [6, 6.07) is 3.95. The van der Waals surface area contributed by atoms with Crippen LogP contribution in [0.4, 0.5) is 5.69 Å². The molecule has 1 unspecified atom stereocenters. The zero-order chi connectivity index (χ0) is 11.4. The van der Waals surface area contributed by atoms with E-state index in [1.54, 1.807) is 13.3 Å². The Morgan fingerprint density at radius 3 is 3.25 bits per heavy atom. The third-order valence-corrected chi connectivity index (χ3v) is 3.02. The van der Waals surface area contributed by atoms with Gasteiger partial charge in [-0.2, -0.15) is 0 Å². The lowest BCUT2D eigenvalue weighted by molar-refractivity contribution is 0.161. The van der Waals surface area contributed by atoms with Gasteiger partial charge >= 0.3 is 0 Å². The van der Waals surface area contributed by atoms with Crippen molar-refractivity contribution in [1.82, 2.24) is 4.98 Å². The Labute approximate surface area is 95.9 Å². The van der Waals surface area contributed by atoms with Crippen LogP contribution in [0.3, 0.4) is 0 Å². The molecule has 2 rings (SSSR count). The first kappa shape index (κ1) is 11.4. The Bertz CT molecular complexity index is 344. The maximum Gasteiger partial charge on any atom is 0.0853 e. The minimum absolute atomic E-state index is 0.00315. The summed E-state index contributed by atoms with van der Waals surface area (Å²) in [6.45, 7) is 2.92. The quantitative estimate of drug-likeness (QED) is 0.827. The molecule has 4 nitrogen and oxygen atoms in total. The molecule has 1 aliphatic heterocycles. The molecule has 4 heteroatoms. The first-order chi connectivity index (χ1) is 7.83. The third-order valence-electron chi connectivity index (χ3n) is 3.02. The number of hydrogen-bond donors (Lipinski definition) is 1. The molecule has 0 amide bonds. The molecule has 0 radical (unpaired) electrons. The van der Waals surface area contributed by atoms with Crippen molar-refractivity contribution in [3.63, 3.8) is 0 Å². The van der Waals surface area contributed by atoms with E-state index >= 15 is 0 Å². The molecule has 0 aliphatic carbocycles. The Kier molecular flexibility index (Phi) is 3.74. The van der Waals surface area contributed by atoms with Gasteiger partial charge in [0, 0.05) is 38.0 Å². The highest BCUT2D eigenvalue weighted by Gasteiger charge is 2.22. The molecule has 2 heterocycles. The third kappa shape index (κ3) is 2.51. The van der Waals surface area contributed by atoms with Crippen LogP contribution in [0.2, 0.25) is 0 Å². The monoisotopic (exact) mass is 222 g/mol. The van der Waals surface area contributed by atoms with Gasteiger partial charge < -0.3 is 14.7 Å². The van der Waals surface area contributed by atoms with E-state index in [1.165, 1.54) is 6.42 Å². The van der Waals surface area contributed by atoms with E-state index in [4.69, 9.17) is 9.84 Å². The highest BCUT2D eigenvalue weighted by Crippen LogP contribution is 2.23. The number of aliphatic hydroxyl groups is 1. The van der Waals surface area contributed by atoms with Crippen LogP contribution in [0.15, 0.2) is 18.3 Å². The van der Waals surface area contributed by atoms with Crippen LogP contribution in [-0.4, -0.2) is 36.9 Å². The van der Waals surface area contributed by atoms with Crippen LogP contribution in [0.25, 0.3) is 0 Å². The molecule has 1 saturated heterocycles. The smallest absolute Gasteiger partial charge is 0.0853 e. The molecule has 88 valence electrons. The summed E-state index contributed by atoms with van der Waals surface area (Å²) in [6.07, 6.45) is 2.93. The molecule has 1 N–H and O–H groups in total. The Balaban J connectivity index is 2.02. The van der Waals surface area contributed by atoms with Crippen molar-refractivity contribution in [2.75, 3.05) is 31.7 Å². The van der Waals surface area contributed by atoms with E-state index in [0.29, 0.717) is 5.92 Å². The minimum atomic E-state index is 0.00315.